The van der Waals surface area contributed by atoms with Crippen LogP contribution in [0.2, 0.25) is 10.0 Å². The number of anilines is 1. The zero-order chi connectivity index (χ0) is 23.3. The van der Waals surface area contributed by atoms with E-state index < -0.39 is 17.7 Å². The molecule has 1 aromatic heterocycles. The SMILES string of the molecule is O=C1C(=O)N(c2nc3ccc(Cl)cc3s2)C(c2ccc(Br)cc2)/C1=C(\O)c1ccc(Cl)cc1. The highest BCUT2D eigenvalue weighted by Gasteiger charge is 2.48. The lowest BCUT2D eigenvalue weighted by molar-refractivity contribution is -0.132. The quantitative estimate of drug-likeness (QED) is 0.167. The summed E-state index contributed by atoms with van der Waals surface area (Å²) in [5, 5.41) is 12.5. The highest BCUT2D eigenvalue weighted by molar-refractivity contribution is 9.10. The van der Waals surface area contributed by atoms with E-state index in [1.807, 2.05) is 12.1 Å². The summed E-state index contributed by atoms with van der Waals surface area (Å²) in [5.74, 6) is -1.82. The number of amides is 1. The predicted molar refractivity (Wildman–Crippen MR) is 135 cm³/mol. The van der Waals surface area contributed by atoms with E-state index >= 15 is 0 Å². The number of aliphatic hydroxyl groups is 1. The lowest BCUT2D eigenvalue weighted by Gasteiger charge is -2.23. The maximum atomic E-state index is 13.2. The molecular weight excluding hydrogens is 547 g/mol. The summed E-state index contributed by atoms with van der Waals surface area (Å²) in [6.07, 6.45) is 0. The van der Waals surface area contributed by atoms with Gasteiger partial charge in [-0.05, 0) is 60.2 Å². The molecular formula is C24H13BrCl2N2O3S. The highest BCUT2D eigenvalue weighted by Crippen LogP contribution is 2.44. The van der Waals surface area contributed by atoms with Gasteiger partial charge >= 0.3 is 5.91 Å². The van der Waals surface area contributed by atoms with Crippen LogP contribution in [0.15, 0.2) is 76.8 Å². The van der Waals surface area contributed by atoms with Gasteiger partial charge in [-0.15, -0.1) is 0 Å². The number of thiazole rings is 1. The Bertz CT molecular complexity index is 1450. The molecule has 3 aromatic carbocycles. The second-order valence-corrected chi connectivity index (χ2v) is 10.1. The average molecular weight is 560 g/mol. The van der Waals surface area contributed by atoms with Gasteiger partial charge in [0.25, 0.3) is 5.78 Å². The molecule has 1 N–H and O–H groups in total. The van der Waals surface area contributed by atoms with Crippen LogP contribution in [0, 0.1) is 0 Å². The van der Waals surface area contributed by atoms with Crippen LogP contribution in [0.5, 0.6) is 0 Å². The summed E-state index contributed by atoms with van der Waals surface area (Å²) in [5.41, 5.74) is 1.69. The summed E-state index contributed by atoms with van der Waals surface area (Å²) in [7, 11) is 0. The third-order valence-electron chi connectivity index (χ3n) is 5.29. The zero-order valence-corrected chi connectivity index (χ0v) is 20.5. The van der Waals surface area contributed by atoms with Gasteiger partial charge in [0.1, 0.15) is 5.76 Å². The maximum Gasteiger partial charge on any atom is 0.301 e. The standard InChI is InChI=1S/C24H13BrCl2N2O3S/c25-14-5-1-12(2-6-14)20-19(21(30)13-3-7-15(26)8-4-13)22(31)23(32)29(20)24-28-17-10-9-16(27)11-18(17)33-24/h1-11,20,30H/b21-19+. The Morgan fingerprint density at radius 3 is 2.33 bits per heavy atom. The minimum absolute atomic E-state index is 0.0121. The molecule has 1 saturated heterocycles. The van der Waals surface area contributed by atoms with Gasteiger partial charge in [-0.25, -0.2) is 4.98 Å². The molecule has 1 fully saturated rings. The van der Waals surface area contributed by atoms with E-state index in [1.165, 1.54) is 16.2 Å². The Kier molecular flexibility index (Phi) is 5.74. The summed E-state index contributed by atoms with van der Waals surface area (Å²) in [6.45, 7) is 0. The minimum atomic E-state index is -0.857. The molecule has 0 saturated carbocycles. The van der Waals surface area contributed by atoms with Gasteiger partial charge in [-0.2, -0.15) is 0 Å². The van der Waals surface area contributed by atoms with Crippen LogP contribution < -0.4 is 4.90 Å². The Labute approximate surface area is 211 Å². The first-order valence-corrected chi connectivity index (χ1v) is 12.1. The smallest absolute Gasteiger partial charge is 0.301 e. The number of hydrogen-bond donors (Lipinski definition) is 1. The molecule has 4 aromatic rings. The number of fused-ring (bicyclic) bond motifs is 1. The normalized spacial score (nSPS) is 17.8. The van der Waals surface area contributed by atoms with E-state index in [-0.39, 0.29) is 11.3 Å². The van der Waals surface area contributed by atoms with Gasteiger partial charge in [0.2, 0.25) is 0 Å². The number of aromatic nitrogens is 1. The van der Waals surface area contributed by atoms with Crippen molar-refractivity contribution in [3.05, 3.63) is 97.9 Å². The molecule has 0 radical (unpaired) electrons. The Morgan fingerprint density at radius 1 is 0.970 bits per heavy atom. The second-order valence-electron chi connectivity index (χ2n) is 7.34. The van der Waals surface area contributed by atoms with Crippen molar-refractivity contribution in [2.75, 3.05) is 4.90 Å². The molecule has 1 unspecified atom stereocenters. The fourth-order valence-corrected chi connectivity index (χ4v) is 5.40. The molecule has 5 nitrogen and oxygen atoms in total. The van der Waals surface area contributed by atoms with Crippen molar-refractivity contribution in [1.82, 2.24) is 4.98 Å². The van der Waals surface area contributed by atoms with Crippen molar-refractivity contribution < 1.29 is 14.7 Å². The summed E-state index contributed by atoms with van der Waals surface area (Å²) in [6, 6.07) is 18.0. The number of carbonyl (C=O) groups excluding carboxylic acids is 2. The fraction of sp³-hybridized carbons (Fsp3) is 0.0417. The fourth-order valence-electron chi connectivity index (χ4n) is 3.74. The molecule has 0 spiro atoms. The molecule has 9 heteroatoms. The molecule has 164 valence electrons. The number of hydrogen-bond acceptors (Lipinski definition) is 5. The topological polar surface area (TPSA) is 70.5 Å². The van der Waals surface area contributed by atoms with E-state index in [2.05, 4.69) is 20.9 Å². The number of nitrogens with zero attached hydrogens (tertiary/aromatic N) is 2. The summed E-state index contributed by atoms with van der Waals surface area (Å²) < 4.78 is 1.63. The number of benzene rings is 3. The van der Waals surface area contributed by atoms with E-state index in [0.717, 1.165) is 9.17 Å². The van der Waals surface area contributed by atoms with Gasteiger partial charge in [-0.3, -0.25) is 14.5 Å². The van der Waals surface area contributed by atoms with Gasteiger partial charge in [-0.1, -0.05) is 62.6 Å². The van der Waals surface area contributed by atoms with Crippen LogP contribution in [0.25, 0.3) is 16.0 Å². The third kappa shape index (κ3) is 3.95. The van der Waals surface area contributed by atoms with Crippen LogP contribution >= 0.6 is 50.5 Å². The number of rotatable bonds is 3. The van der Waals surface area contributed by atoms with Gasteiger partial charge in [0.05, 0.1) is 21.8 Å². The molecule has 33 heavy (non-hydrogen) atoms. The van der Waals surface area contributed by atoms with Gasteiger partial charge in [0, 0.05) is 20.1 Å². The third-order valence-corrected chi connectivity index (χ3v) is 7.33. The average Bonchev–Trinajstić information content (AvgIpc) is 3.32. The first-order valence-electron chi connectivity index (χ1n) is 9.72. The van der Waals surface area contributed by atoms with Gasteiger partial charge in [0.15, 0.2) is 5.13 Å². The van der Waals surface area contributed by atoms with E-state index in [0.29, 0.717) is 31.8 Å². The van der Waals surface area contributed by atoms with Crippen LogP contribution in [0.4, 0.5) is 5.13 Å². The Hall–Kier alpha value is -2.71. The predicted octanol–water partition coefficient (Wildman–Crippen LogP) is 6.99. The molecule has 5 rings (SSSR count). The van der Waals surface area contributed by atoms with E-state index in [9.17, 15) is 14.7 Å². The van der Waals surface area contributed by atoms with Crippen LogP contribution in [-0.2, 0) is 9.59 Å². The summed E-state index contributed by atoms with van der Waals surface area (Å²) >= 11 is 16.8. The Morgan fingerprint density at radius 2 is 1.64 bits per heavy atom. The van der Waals surface area contributed by atoms with Crippen molar-refractivity contribution in [2.24, 2.45) is 0 Å². The van der Waals surface area contributed by atoms with Gasteiger partial charge < -0.3 is 5.11 Å². The highest BCUT2D eigenvalue weighted by atomic mass is 79.9. The Balaban J connectivity index is 1.73. The largest absolute Gasteiger partial charge is 0.507 e. The molecule has 2 heterocycles. The lowest BCUT2D eigenvalue weighted by atomic mass is 9.95. The number of aliphatic hydroxyl groups excluding tert-OH is 1. The zero-order valence-electron chi connectivity index (χ0n) is 16.6. The van der Waals surface area contributed by atoms with Crippen molar-refractivity contribution in [2.45, 2.75) is 6.04 Å². The van der Waals surface area contributed by atoms with Crippen molar-refractivity contribution in [1.29, 1.82) is 0 Å². The number of ketones is 1. The molecule has 1 amide bonds. The van der Waals surface area contributed by atoms with E-state index in [4.69, 9.17) is 23.2 Å². The number of carbonyl (C=O) groups is 2. The van der Waals surface area contributed by atoms with Crippen molar-refractivity contribution in [3.8, 4) is 0 Å². The molecule has 1 atom stereocenters. The van der Waals surface area contributed by atoms with Crippen LogP contribution in [-0.4, -0.2) is 21.8 Å². The first-order chi connectivity index (χ1) is 15.8. The van der Waals surface area contributed by atoms with Crippen LogP contribution in [0.1, 0.15) is 17.2 Å². The minimum Gasteiger partial charge on any atom is -0.507 e. The summed E-state index contributed by atoms with van der Waals surface area (Å²) in [4.78, 5) is 32.4. The van der Waals surface area contributed by atoms with Crippen molar-refractivity contribution in [3.63, 3.8) is 0 Å². The maximum absolute atomic E-state index is 13.2. The lowest BCUT2D eigenvalue weighted by Crippen LogP contribution is -2.29. The molecule has 0 aliphatic carbocycles. The van der Waals surface area contributed by atoms with Crippen molar-refractivity contribution >= 4 is 83.3 Å². The molecule has 0 bridgehead atoms. The first kappa shape index (κ1) is 22.1. The second kappa shape index (κ2) is 8.57. The number of Topliss-reactive ketones (excluding diaryl/α,β-unsaturated/α-hetero) is 1. The molecule has 1 aliphatic heterocycles. The monoisotopic (exact) mass is 558 g/mol. The van der Waals surface area contributed by atoms with Crippen LogP contribution in [0.3, 0.4) is 0 Å². The van der Waals surface area contributed by atoms with E-state index in [1.54, 1.807) is 54.6 Å². The molecule has 1 aliphatic rings. The number of halogens is 3.